The summed E-state index contributed by atoms with van der Waals surface area (Å²) in [6.07, 6.45) is 0.364. The number of rotatable bonds is 3. The van der Waals surface area contributed by atoms with Gasteiger partial charge in [0.15, 0.2) is 11.5 Å². The van der Waals surface area contributed by atoms with Gasteiger partial charge in [0.2, 0.25) is 5.91 Å². The summed E-state index contributed by atoms with van der Waals surface area (Å²) in [5, 5.41) is 11.8. The van der Waals surface area contributed by atoms with Gasteiger partial charge in [0.25, 0.3) is 0 Å². The minimum atomic E-state index is -0.946. The van der Waals surface area contributed by atoms with Crippen LogP contribution in [0, 0.1) is 11.8 Å². The van der Waals surface area contributed by atoms with Crippen LogP contribution in [0.15, 0.2) is 12.1 Å². The van der Waals surface area contributed by atoms with Crippen molar-refractivity contribution < 1.29 is 24.2 Å². The number of hydrogen-bond acceptors (Lipinski definition) is 4. The molecule has 1 aromatic rings. The van der Waals surface area contributed by atoms with Gasteiger partial charge < -0.3 is 19.9 Å². The van der Waals surface area contributed by atoms with E-state index in [4.69, 9.17) is 26.2 Å². The third-order valence-corrected chi connectivity index (χ3v) is 3.65. The first-order valence-electron chi connectivity index (χ1n) is 6.19. The molecule has 2 aliphatic rings. The number of carbonyl (C=O) groups excluding carboxylic acids is 1. The number of carbonyl (C=O) groups is 2. The molecular formula is C13H12ClNO5. The highest BCUT2D eigenvalue weighted by Crippen LogP contribution is 2.42. The second-order valence-electron chi connectivity index (χ2n) is 4.75. The molecule has 1 heterocycles. The molecule has 0 radical (unpaired) electrons. The monoisotopic (exact) mass is 297 g/mol. The van der Waals surface area contributed by atoms with Gasteiger partial charge in [0.1, 0.15) is 13.2 Å². The van der Waals surface area contributed by atoms with Crippen molar-refractivity contribution in [2.24, 2.45) is 11.8 Å². The lowest BCUT2D eigenvalue weighted by atomic mass is 10.2. The molecule has 2 atom stereocenters. The van der Waals surface area contributed by atoms with Crippen molar-refractivity contribution in [2.75, 3.05) is 18.5 Å². The van der Waals surface area contributed by atoms with Gasteiger partial charge >= 0.3 is 5.97 Å². The summed E-state index contributed by atoms with van der Waals surface area (Å²) in [5.74, 6) is -1.31. The molecule has 1 aliphatic heterocycles. The Morgan fingerprint density at radius 1 is 1.20 bits per heavy atom. The lowest BCUT2D eigenvalue weighted by molar-refractivity contribution is -0.139. The standard InChI is InChI=1S/C13H12ClNO5/c14-8-4-10-11(20-2-1-19-10)5-9(8)15-12(16)6-3-7(6)13(17)18/h4-7H,1-3H2,(H,15,16)(H,17,18). The number of amides is 1. The van der Waals surface area contributed by atoms with Gasteiger partial charge in [0, 0.05) is 12.1 Å². The van der Waals surface area contributed by atoms with Crippen molar-refractivity contribution in [1.29, 1.82) is 0 Å². The lowest BCUT2D eigenvalue weighted by Crippen LogP contribution is -2.18. The van der Waals surface area contributed by atoms with Crippen molar-refractivity contribution in [2.45, 2.75) is 6.42 Å². The Bertz CT molecular complexity index is 588. The lowest BCUT2D eigenvalue weighted by Gasteiger charge is -2.20. The average molecular weight is 298 g/mol. The van der Waals surface area contributed by atoms with Gasteiger partial charge in [-0.2, -0.15) is 0 Å². The van der Waals surface area contributed by atoms with E-state index in [1.165, 1.54) is 0 Å². The van der Waals surface area contributed by atoms with Gasteiger partial charge in [0.05, 0.1) is 22.5 Å². The number of carboxylic acids is 1. The predicted octanol–water partition coefficient (Wildman–Crippen LogP) is 1.77. The van der Waals surface area contributed by atoms with Crippen LogP contribution in [-0.4, -0.2) is 30.2 Å². The summed E-state index contributed by atoms with van der Waals surface area (Å²) >= 11 is 6.06. The molecule has 1 amide bonds. The van der Waals surface area contributed by atoms with Gasteiger partial charge in [-0.15, -0.1) is 0 Å². The minimum Gasteiger partial charge on any atom is -0.486 e. The number of hydrogen-bond donors (Lipinski definition) is 2. The molecule has 0 aromatic heterocycles. The van der Waals surface area contributed by atoms with Gasteiger partial charge in [-0.05, 0) is 6.42 Å². The summed E-state index contributed by atoms with van der Waals surface area (Å²) in [6, 6.07) is 3.17. The summed E-state index contributed by atoms with van der Waals surface area (Å²) in [5.41, 5.74) is 0.400. The van der Waals surface area contributed by atoms with Gasteiger partial charge in [-0.3, -0.25) is 9.59 Å². The van der Waals surface area contributed by atoms with Crippen molar-refractivity contribution >= 4 is 29.2 Å². The van der Waals surface area contributed by atoms with E-state index in [1.807, 2.05) is 0 Å². The van der Waals surface area contributed by atoms with E-state index >= 15 is 0 Å². The van der Waals surface area contributed by atoms with Gasteiger partial charge in [-0.25, -0.2) is 0 Å². The second kappa shape index (κ2) is 4.86. The van der Waals surface area contributed by atoms with Crippen LogP contribution in [0.5, 0.6) is 11.5 Å². The van der Waals surface area contributed by atoms with Crippen LogP contribution in [0.1, 0.15) is 6.42 Å². The molecule has 106 valence electrons. The maximum atomic E-state index is 11.9. The first-order chi connectivity index (χ1) is 9.56. The topological polar surface area (TPSA) is 84.9 Å². The zero-order valence-electron chi connectivity index (χ0n) is 10.4. The molecule has 1 saturated carbocycles. The number of nitrogens with one attached hydrogen (secondary N) is 1. The molecular weight excluding hydrogens is 286 g/mol. The Morgan fingerprint density at radius 3 is 2.45 bits per heavy atom. The molecule has 7 heteroatoms. The molecule has 3 rings (SSSR count). The van der Waals surface area contributed by atoms with E-state index in [2.05, 4.69) is 5.32 Å². The summed E-state index contributed by atoms with van der Waals surface area (Å²) in [4.78, 5) is 22.6. The first kappa shape index (κ1) is 13.1. The third kappa shape index (κ3) is 2.38. The second-order valence-corrected chi connectivity index (χ2v) is 5.16. The smallest absolute Gasteiger partial charge is 0.307 e. The maximum Gasteiger partial charge on any atom is 0.307 e. The molecule has 2 unspecified atom stereocenters. The highest BCUT2D eigenvalue weighted by atomic mass is 35.5. The van der Waals surface area contributed by atoms with E-state index in [1.54, 1.807) is 12.1 Å². The highest BCUT2D eigenvalue weighted by Gasteiger charge is 2.48. The first-order valence-corrected chi connectivity index (χ1v) is 6.57. The van der Waals surface area contributed by atoms with E-state index in [9.17, 15) is 9.59 Å². The zero-order valence-corrected chi connectivity index (χ0v) is 11.1. The normalized spacial score (nSPS) is 23.1. The summed E-state index contributed by atoms with van der Waals surface area (Å²) in [7, 11) is 0. The van der Waals surface area contributed by atoms with E-state index in [0.29, 0.717) is 41.8 Å². The number of benzene rings is 1. The molecule has 20 heavy (non-hydrogen) atoms. The summed E-state index contributed by atoms with van der Waals surface area (Å²) < 4.78 is 10.8. The number of aliphatic carboxylic acids is 1. The third-order valence-electron chi connectivity index (χ3n) is 3.33. The molecule has 1 aliphatic carbocycles. The van der Waals surface area contributed by atoms with Crippen LogP contribution >= 0.6 is 11.6 Å². The van der Waals surface area contributed by atoms with Crippen molar-refractivity contribution in [3.8, 4) is 11.5 Å². The number of ether oxygens (including phenoxy) is 2. The Balaban J connectivity index is 1.74. The van der Waals surface area contributed by atoms with Crippen molar-refractivity contribution in [3.63, 3.8) is 0 Å². The van der Waals surface area contributed by atoms with Crippen LogP contribution in [0.25, 0.3) is 0 Å². The molecule has 1 aromatic carbocycles. The van der Waals surface area contributed by atoms with Gasteiger partial charge in [-0.1, -0.05) is 11.6 Å². The SMILES string of the molecule is O=C(O)C1CC1C(=O)Nc1cc2c(cc1Cl)OCCO2. The Labute approximate surface area is 119 Å². The highest BCUT2D eigenvalue weighted by molar-refractivity contribution is 6.34. The largest absolute Gasteiger partial charge is 0.486 e. The molecule has 6 nitrogen and oxygen atoms in total. The summed E-state index contributed by atoms with van der Waals surface area (Å²) in [6.45, 7) is 0.892. The Morgan fingerprint density at radius 2 is 1.85 bits per heavy atom. The fourth-order valence-electron chi connectivity index (χ4n) is 2.14. The van der Waals surface area contributed by atoms with E-state index < -0.39 is 17.8 Å². The minimum absolute atomic E-state index is 0.329. The van der Waals surface area contributed by atoms with Crippen LogP contribution in [0.3, 0.4) is 0 Å². The van der Waals surface area contributed by atoms with Crippen LogP contribution in [0.2, 0.25) is 5.02 Å². The molecule has 0 spiro atoms. The fraction of sp³-hybridized carbons (Fsp3) is 0.385. The van der Waals surface area contributed by atoms with Crippen molar-refractivity contribution in [3.05, 3.63) is 17.2 Å². The number of carboxylic acid groups (broad SMARTS) is 1. The Hall–Kier alpha value is -1.95. The van der Waals surface area contributed by atoms with Crippen molar-refractivity contribution in [1.82, 2.24) is 0 Å². The van der Waals surface area contributed by atoms with E-state index in [-0.39, 0.29) is 5.91 Å². The Kier molecular flexibility index (Phi) is 3.17. The number of fused-ring (bicyclic) bond motifs is 1. The van der Waals surface area contributed by atoms with E-state index in [0.717, 1.165) is 0 Å². The molecule has 0 saturated heterocycles. The average Bonchev–Trinajstić information content (AvgIpc) is 3.20. The molecule has 1 fully saturated rings. The molecule has 0 bridgehead atoms. The predicted molar refractivity (Wildman–Crippen MR) is 70.3 cm³/mol. The molecule has 2 N–H and O–H groups in total. The van der Waals surface area contributed by atoms with Crippen LogP contribution < -0.4 is 14.8 Å². The number of halogens is 1. The van der Waals surface area contributed by atoms with Crippen LogP contribution in [-0.2, 0) is 9.59 Å². The zero-order chi connectivity index (χ0) is 14.3. The fourth-order valence-corrected chi connectivity index (χ4v) is 2.34. The maximum absolute atomic E-state index is 11.9. The van der Waals surface area contributed by atoms with Crippen LogP contribution in [0.4, 0.5) is 5.69 Å². The quantitative estimate of drug-likeness (QED) is 0.888. The number of anilines is 1.